The van der Waals surface area contributed by atoms with Crippen LogP contribution in [0.5, 0.6) is 0 Å². The van der Waals surface area contributed by atoms with Gasteiger partial charge in [0, 0.05) is 10.6 Å². The molecule has 2 atom stereocenters. The zero-order valence-corrected chi connectivity index (χ0v) is 17.5. The van der Waals surface area contributed by atoms with Crippen molar-refractivity contribution in [3.63, 3.8) is 0 Å². The Balaban J connectivity index is 1.63. The maximum absolute atomic E-state index is 12.6. The van der Waals surface area contributed by atoms with Crippen LogP contribution in [0.25, 0.3) is 10.7 Å². The third-order valence-corrected chi connectivity index (χ3v) is 5.53. The van der Waals surface area contributed by atoms with E-state index in [1.165, 1.54) is 11.3 Å². The quantitative estimate of drug-likeness (QED) is 0.531. The van der Waals surface area contributed by atoms with Crippen molar-refractivity contribution >= 4 is 34.8 Å². The van der Waals surface area contributed by atoms with E-state index in [9.17, 15) is 9.59 Å². The van der Waals surface area contributed by atoms with Gasteiger partial charge in [0.25, 0.3) is 11.8 Å². The summed E-state index contributed by atoms with van der Waals surface area (Å²) in [6, 6.07) is 9.39. The fourth-order valence-corrected chi connectivity index (χ4v) is 3.31. The van der Waals surface area contributed by atoms with Crippen molar-refractivity contribution in [1.82, 2.24) is 15.5 Å². The predicted octanol–water partition coefficient (Wildman–Crippen LogP) is 4.34. The summed E-state index contributed by atoms with van der Waals surface area (Å²) in [5.74, 6) is -0.420. The molecule has 2 heterocycles. The second-order valence-electron chi connectivity index (χ2n) is 6.44. The molecule has 0 aliphatic carbocycles. The van der Waals surface area contributed by atoms with E-state index in [0.29, 0.717) is 22.8 Å². The number of carbonyl (C=O) groups is 2. The van der Waals surface area contributed by atoms with Gasteiger partial charge >= 0.3 is 5.97 Å². The number of hydrogen-bond acceptors (Lipinski definition) is 7. The smallest absolute Gasteiger partial charge is 0.329 e. The van der Waals surface area contributed by atoms with E-state index in [4.69, 9.17) is 20.9 Å². The first kappa shape index (κ1) is 21.0. The molecule has 7 nitrogen and oxygen atoms in total. The fraction of sp³-hybridized carbons (Fsp3) is 0.300. The number of thiophene rings is 1. The lowest BCUT2D eigenvalue weighted by Gasteiger charge is -2.22. The maximum atomic E-state index is 12.6. The van der Waals surface area contributed by atoms with Crippen LogP contribution < -0.4 is 5.32 Å². The predicted molar refractivity (Wildman–Crippen MR) is 110 cm³/mol. The molecular weight excluding hydrogens is 414 g/mol. The number of aromatic nitrogens is 2. The molecule has 3 rings (SSSR count). The van der Waals surface area contributed by atoms with Gasteiger partial charge in [0.15, 0.2) is 6.61 Å². The topological polar surface area (TPSA) is 94.3 Å². The highest BCUT2D eigenvalue weighted by atomic mass is 35.5. The highest BCUT2D eigenvalue weighted by Crippen LogP contribution is 2.21. The van der Waals surface area contributed by atoms with Gasteiger partial charge in [-0.25, -0.2) is 4.79 Å². The first-order valence-electron chi connectivity index (χ1n) is 9.07. The van der Waals surface area contributed by atoms with E-state index < -0.39 is 12.0 Å². The van der Waals surface area contributed by atoms with E-state index in [2.05, 4.69) is 15.5 Å². The first-order valence-corrected chi connectivity index (χ1v) is 10.3. The van der Waals surface area contributed by atoms with Crippen molar-refractivity contribution in [1.29, 1.82) is 0 Å². The highest BCUT2D eigenvalue weighted by Gasteiger charge is 2.28. The number of nitrogens with one attached hydrogen (secondary N) is 1. The van der Waals surface area contributed by atoms with Crippen molar-refractivity contribution < 1.29 is 18.8 Å². The lowest BCUT2D eigenvalue weighted by atomic mass is 9.99. The molecule has 3 aromatic rings. The average Bonchev–Trinajstić information content (AvgIpc) is 3.41. The lowest BCUT2D eigenvalue weighted by Crippen LogP contribution is -2.46. The van der Waals surface area contributed by atoms with Gasteiger partial charge < -0.3 is 14.6 Å². The van der Waals surface area contributed by atoms with Gasteiger partial charge in [-0.15, -0.1) is 11.3 Å². The van der Waals surface area contributed by atoms with Gasteiger partial charge in [0.2, 0.25) is 5.82 Å². The van der Waals surface area contributed by atoms with E-state index >= 15 is 0 Å². The minimum absolute atomic E-state index is 0.122. The largest absolute Gasteiger partial charge is 0.454 e. The summed E-state index contributed by atoms with van der Waals surface area (Å²) >= 11 is 7.34. The normalized spacial score (nSPS) is 12.9. The Morgan fingerprint density at radius 3 is 2.69 bits per heavy atom. The van der Waals surface area contributed by atoms with Crippen LogP contribution in [0.3, 0.4) is 0 Å². The molecule has 0 aliphatic heterocycles. The molecule has 0 saturated carbocycles. The number of nitrogens with zero attached hydrogens (tertiary/aromatic N) is 2. The number of benzene rings is 1. The molecule has 1 aromatic carbocycles. The number of amides is 1. The molecule has 0 saturated heterocycles. The van der Waals surface area contributed by atoms with Crippen molar-refractivity contribution in [3.05, 3.63) is 58.3 Å². The Hall–Kier alpha value is -2.71. The molecule has 0 radical (unpaired) electrons. The van der Waals surface area contributed by atoms with Gasteiger partial charge in [0.1, 0.15) is 6.04 Å². The van der Waals surface area contributed by atoms with E-state index in [-0.39, 0.29) is 24.3 Å². The lowest BCUT2D eigenvalue weighted by molar-refractivity contribution is -0.149. The minimum atomic E-state index is -0.803. The summed E-state index contributed by atoms with van der Waals surface area (Å²) in [4.78, 5) is 30.2. The molecule has 2 aromatic heterocycles. The van der Waals surface area contributed by atoms with Crippen molar-refractivity contribution in [2.24, 2.45) is 5.92 Å². The Labute approximate surface area is 177 Å². The SMILES string of the molecule is CC[C@H](C)[C@H](NC(=O)c1ccc(Cl)cc1)C(=O)OCc1nc(-c2cccs2)no1. The summed E-state index contributed by atoms with van der Waals surface area (Å²) in [5, 5.41) is 9.06. The van der Waals surface area contributed by atoms with E-state index in [1.807, 2.05) is 31.4 Å². The summed E-state index contributed by atoms with van der Waals surface area (Å²) < 4.78 is 10.5. The molecule has 0 aliphatic rings. The molecule has 0 fully saturated rings. The second kappa shape index (κ2) is 9.67. The summed E-state index contributed by atoms with van der Waals surface area (Å²) in [6.07, 6.45) is 0.684. The van der Waals surface area contributed by atoms with E-state index in [1.54, 1.807) is 24.3 Å². The molecule has 0 unspecified atom stereocenters. The van der Waals surface area contributed by atoms with Gasteiger partial charge in [-0.3, -0.25) is 4.79 Å². The molecule has 29 heavy (non-hydrogen) atoms. The Bertz CT molecular complexity index is 957. The zero-order chi connectivity index (χ0) is 20.8. The van der Waals surface area contributed by atoms with Crippen LogP contribution in [0.4, 0.5) is 0 Å². The molecule has 0 spiro atoms. The summed E-state index contributed by atoms with van der Waals surface area (Å²) in [7, 11) is 0. The first-order chi connectivity index (χ1) is 14.0. The molecule has 152 valence electrons. The minimum Gasteiger partial charge on any atom is -0.454 e. The van der Waals surface area contributed by atoms with Gasteiger partial charge in [-0.1, -0.05) is 43.1 Å². The van der Waals surface area contributed by atoms with Gasteiger partial charge in [-0.2, -0.15) is 4.98 Å². The second-order valence-corrected chi connectivity index (χ2v) is 7.82. The molecule has 1 amide bonds. The Morgan fingerprint density at radius 1 is 1.28 bits per heavy atom. The number of hydrogen-bond donors (Lipinski definition) is 1. The molecule has 0 bridgehead atoms. The van der Waals surface area contributed by atoms with Crippen molar-refractivity contribution in [2.45, 2.75) is 32.9 Å². The number of carbonyl (C=O) groups excluding carboxylic acids is 2. The van der Waals surface area contributed by atoms with Crippen LogP contribution in [-0.2, 0) is 16.1 Å². The third-order valence-electron chi connectivity index (χ3n) is 4.41. The van der Waals surface area contributed by atoms with E-state index in [0.717, 1.165) is 4.88 Å². The van der Waals surface area contributed by atoms with Crippen LogP contribution >= 0.6 is 22.9 Å². The number of rotatable bonds is 8. The monoisotopic (exact) mass is 433 g/mol. The fourth-order valence-electron chi connectivity index (χ4n) is 2.54. The standard InChI is InChI=1S/C20H20ClN3O4S/c1-3-12(2)17(23-19(25)13-6-8-14(21)9-7-13)20(26)27-11-16-22-18(24-28-16)15-5-4-10-29-15/h4-10,12,17H,3,11H2,1-2H3,(H,23,25)/t12-,17-/m0/s1. The van der Waals surface area contributed by atoms with Crippen molar-refractivity contribution in [3.8, 4) is 10.7 Å². The molecule has 1 N–H and O–H groups in total. The molecule has 9 heteroatoms. The van der Waals surface area contributed by atoms with Crippen LogP contribution in [0.1, 0.15) is 36.5 Å². The Morgan fingerprint density at radius 2 is 2.03 bits per heavy atom. The summed E-state index contributed by atoms with van der Waals surface area (Å²) in [5.41, 5.74) is 0.410. The zero-order valence-electron chi connectivity index (χ0n) is 15.9. The van der Waals surface area contributed by atoms with Gasteiger partial charge in [-0.05, 0) is 41.6 Å². The Kier molecular flexibility index (Phi) is 7.00. The van der Waals surface area contributed by atoms with Crippen LogP contribution in [0.15, 0.2) is 46.3 Å². The summed E-state index contributed by atoms with van der Waals surface area (Å²) in [6.45, 7) is 3.64. The van der Waals surface area contributed by atoms with Crippen LogP contribution in [-0.4, -0.2) is 28.1 Å². The average molecular weight is 434 g/mol. The van der Waals surface area contributed by atoms with Crippen LogP contribution in [0.2, 0.25) is 5.02 Å². The number of halogens is 1. The molecular formula is C20H20ClN3O4S. The van der Waals surface area contributed by atoms with Gasteiger partial charge in [0.05, 0.1) is 4.88 Å². The van der Waals surface area contributed by atoms with Crippen LogP contribution in [0, 0.1) is 5.92 Å². The maximum Gasteiger partial charge on any atom is 0.329 e. The number of ether oxygens (including phenoxy) is 1. The third kappa shape index (κ3) is 5.42. The highest BCUT2D eigenvalue weighted by molar-refractivity contribution is 7.13. The number of esters is 1. The van der Waals surface area contributed by atoms with Crippen molar-refractivity contribution in [2.75, 3.05) is 0 Å².